The van der Waals surface area contributed by atoms with E-state index in [0.29, 0.717) is 24.1 Å². The molecule has 1 N–H and O–H groups in total. The van der Waals surface area contributed by atoms with Gasteiger partial charge in [0.1, 0.15) is 5.82 Å². The van der Waals surface area contributed by atoms with Gasteiger partial charge < -0.3 is 9.84 Å². The number of hydrogen-bond donors (Lipinski definition) is 1. The highest BCUT2D eigenvalue weighted by Crippen LogP contribution is 2.38. The normalized spacial score (nSPS) is 35.1. The molecule has 3 aliphatic rings. The largest absolute Gasteiger partial charge is 0.391 e. The second kappa shape index (κ2) is 7.04. The Morgan fingerprint density at radius 1 is 1.21 bits per heavy atom. The van der Waals surface area contributed by atoms with Crippen LogP contribution in [0.3, 0.4) is 0 Å². The van der Waals surface area contributed by atoms with E-state index >= 15 is 0 Å². The summed E-state index contributed by atoms with van der Waals surface area (Å²) in [5, 5.41) is 10.6. The molecular weight excluding hydrogens is 309 g/mol. The van der Waals surface area contributed by atoms with Crippen molar-refractivity contribution in [3.63, 3.8) is 0 Å². The summed E-state index contributed by atoms with van der Waals surface area (Å²) in [6.07, 6.45) is 3.29. The van der Waals surface area contributed by atoms with Crippen molar-refractivity contribution in [2.24, 2.45) is 11.8 Å². The maximum atomic E-state index is 13.8. The topological polar surface area (TPSA) is 48.8 Å². The van der Waals surface area contributed by atoms with E-state index in [2.05, 4.69) is 14.8 Å². The van der Waals surface area contributed by atoms with Gasteiger partial charge in [-0.05, 0) is 36.8 Å². The molecule has 5 nitrogen and oxygen atoms in total. The van der Waals surface area contributed by atoms with Crippen LogP contribution >= 0.6 is 0 Å². The van der Waals surface area contributed by atoms with Gasteiger partial charge in [-0.25, -0.2) is 4.39 Å². The molecular formula is C18H26FN3O2. The van der Waals surface area contributed by atoms with Crippen LogP contribution in [0.4, 0.5) is 4.39 Å². The molecule has 0 amide bonds. The zero-order valence-corrected chi connectivity index (χ0v) is 14.0. The fourth-order valence-electron chi connectivity index (χ4n) is 4.68. The average Bonchev–Trinajstić information content (AvgIpc) is 2.98. The number of aliphatic hydroxyl groups is 1. The van der Waals surface area contributed by atoms with E-state index in [4.69, 9.17) is 4.74 Å². The summed E-state index contributed by atoms with van der Waals surface area (Å²) in [5.74, 6) is 0.885. The molecule has 0 aromatic carbocycles. The number of ether oxygens (including phenoxy) is 1. The van der Waals surface area contributed by atoms with Crippen molar-refractivity contribution < 1.29 is 14.2 Å². The van der Waals surface area contributed by atoms with Gasteiger partial charge in [0.05, 0.1) is 25.0 Å². The maximum Gasteiger partial charge on any atom is 0.146 e. The first kappa shape index (κ1) is 16.4. The predicted octanol–water partition coefficient (Wildman–Crippen LogP) is 1.12. The van der Waals surface area contributed by atoms with Crippen LogP contribution in [-0.2, 0) is 11.3 Å². The van der Waals surface area contributed by atoms with E-state index in [9.17, 15) is 9.50 Å². The van der Waals surface area contributed by atoms with Gasteiger partial charge in [0.15, 0.2) is 0 Å². The molecule has 2 aliphatic heterocycles. The number of aromatic nitrogens is 1. The Balaban J connectivity index is 1.39. The van der Waals surface area contributed by atoms with Crippen LogP contribution < -0.4 is 0 Å². The number of fused-ring (bicyclic) bond motifs is 1. The van der Waals surface area contributed by atoms with Crippen molar-refractivity contribution in [2.75, 3.05) is 39.4 Å². The van der Waals surface area contributed by atoms with Gasteiger partial charge in [0.2, 0.25) is 0 Å². The maximum absolute atomic E-state index is 13.8. The first-order chi connectivity index (χ1) is 11.7. The number of hydrogen-bond acceptors (Lipinski definition) is 5. The molecule has 0 spiro atoms. The summed E-state index contributed by atoms with van der Waals surface area (Å²) < 4.78 is 19.3. The van der Waals surface area contributed by atoms with E-state index in [0.717, 1.165) is 52.2 Å². The predicted molar refractivity (Wildman–Crippen MR) is 87.9 cm³/mol. The molecule has 0 radical (unpaired) electrons. The summed E-state index contributed by atoms with van der Waals surface area (Å²) in [6, 6.07) is 3.36. The molecule has 3 heterocycles. The van der Waals surface area contributed by atoms with Crippen LogP contribution in [0.1, 0.15) is 18.5 Å². The standard InChI is InChI=1S/C18H26FN3O2/c19-15-2-1-3-20-16(15)12-21-10-13-8-17(18(23)9-14(13)11-21)22-4-6-24-7-5-22/h1-3,13-14,17-18,23H,4-12H2/t13-,14+,17-,18-/m1/s1. The zero-order chi connectivity index (χ0) is 16.5. The Labute approximate surface area is 142 Å². The molecule has 1 saturated carbocycles. The third-order valence-corrected chi connectivity index (χ3v) is 5.91. The summed E-state index contributed by atoms with van der Waals surface area (Å²) in [7, 11) is 0. The highest BCUT2D eigenvalue weighted by Gasteiger charge is 2.43. The van der Waals surface area contributed by atoms with E-state index in [1.54, 1.807) is 12.3 Å². The fourth-order valence-corrected chi connectivity index (χ4v) is 4.68. The molecule has 24 heavy (non-hydrogen) atoms. The van der Waals surface area contributed by atoms with Crippen LogP contribution in [0.15, 0.2) is 18.3 Å². The second-order valence-electron chi connectivity index (χ2n) is 7.40. The average molecular weight is 335 g/mol. The lowest BCUT2D eigenvalue weighted by Gasteiger charge is -2.43. The number of rotatable bonds is 3. The highest BCUT2D eigenvalue weighted by atomic mass is 19.1. The van der Waals surface area contributed by atoms with Crippen LogP contribution in [-0.4, -0.2) is 71.4 Å². The Hall–Kier alpha value is -1.08. The summed E-state index contributed by atoms with van der Waals surface area (Å²) in [6.45, 7) is 5.86. The molecule has 6 heteroatoms. The van der Waals surface area contributed by atoms with Gasteiger partial charge in [-0.1, -0.05) is 0 Å². The van der Waals surface area contributed by atoms with Crippen molar-refractivity contribution in [1.82, 2.24) is 14.8 Å². The van der Waals surface area contributed by atoms with Crippen molar-refractivity contribution >= 4 is 0 Å². The quantitative estimate of drug-likeness (QED) is 0.897. The number of morpholine rings is 1. The van der Waals surface area contributed by atoms with Crippen LogP contribution in [0, 0.1) is 17.7 Å². The van der Waals surface area contributed by atoms with Crippen molar-refractivity contribution in [1.29, 1.82) is 0 Å². The van der Waals surface area contributed by atoms with Crippen molar-refractivity contribution in [3.8, 4) is 0 Å². The molecule has 1 aromatic rings. The lowest BCUT2D eigenvalue weighted by molar-refractivity contribution is -0.0520. The molecule has 1 aliphatic carbocycles. The summed E-state index contributed by atoms with van der Waals surface area (Å²) in [4.78, 5) is 8.87. The van der Waals surface area contributed by atoms with Crippen LogP contribution in [0.2, 0.25) is 0 Å². The molecule has 4 atom stereocenters. The third kappa shape index (κ3) is 3.33. The summed E-state index contributed by atoms with van der Waals surface area (Å²) in [5.41, 5.74) is 0.529. The molecule has 0 bridgehead atoms. The van der Waals surface area contributed by atoms with Crippen molar-refractivity contribution in [3.05, 3.63) is 29.8 Å². The highest BCUT2D eigenvalue weighted by molar-refractivity contribution is 5.08. The molecule has 132 valence electrons. The SMILES string of the molecule is O[C@@H]1C[C@H]2CN(Cc3ncccc3F)C[C@H]2C[C@H]1N1CCOCC1. The number of halogens is 1. The second-order valence-corrected chi connectivity index (χ2v) is 7.40. The van der Waals surface area contributed by atoms with Gasteiger partial charge in [-0.3, -0.25) is 14.8 Å². The Bertz CT molecular complexity index is 567. The third-order valence-electron chi connectivity index (χ3n) is 5.91. The number of nitrogens with zero attached hydrogens (tertiary/aromatic N) is 3. The van der Waals surface area contributed by atoms with Crippen LogP contribution in [0.25, 0.3) is 0 Å². The molecule has 1 aromatic heterocycles. The molecule has 3 fully saturated rings. The summed E-state index contributed by atoms with van der Waals surface area (Å²) >= 11 is 0. The Morgan fingerprint density at radius 3 is 2.71 bits per heavy atom. The van der Waals surface area contributed by atoms with Gasteiger partial charge in [-0.2, -0.15) is 0 Å². The monoisotopic (exact) mass is 335 g/mol. The lowest BCUT2D eigenvalue weighted by Crippen LogP contribution is -2.53. The Kier molecular flexibility index (Phi) is 4.81. The van der Waals surface area contributed by atoms with Gasteiger partial charge >= 0.3 is 0 Å². The number of likely N-dealkylation sites (tertiary alicyclic amines) is 1. The molecule has 2 saturated heterocycles. The van der Waals surface area contributed by atoms with Crippen molar-refractivity contribution in [2.45, 2.75) is 31.5 Å². The van der Waals surface area contributed by atoms with Crippen LogP contribution in [0.5, 0.6) is 0 Å². The Morgan fingerprint density at radius 2 is 1.96 bits per heavy atom. The van der Waals surface area contributed by atoms with Gasteiger partial charge in [0, 0.05) is 45.0 Å². The zero-order valence-electron chi connectivity index (χ0n) is 14.0. The first-order valence-electron chi connectivity index (χ1n) is 9.02. The molecule has 0 unspecified atom stereocenters. The molecule has 4 rings (SSSR count). The van der Waals surface area contributed by atoms with Gasteiger partial charge in [0.25, 0.3) is 0 Å². The van der Waals surface area contributed by atoms with E-state index in [-0.39, 0.29) is 18.0 Å². The number of aliphatic hydroxyl groups excluding tert-OH is 1. The van der Waals surface area contributed by atoms with E-state index < -0.39 is 0 Å². The van der Waals surface area contributed by atoms with E-state index in [1.165, 1.54) is 6.07 Å². The number of pyridine rings is 1. The minimum Gasteiger partial charge on any atom is -0.391 e. The van der Waals surface area contributed by atoms with Gasteiger partial charge in [-0.15, -0.1) is 0 Å². The first-order valence-corrected chi connectivity index (χ1v) is 9.02. The minimum atomic E-state index is -0.254. The minimum absolute atomic E-state index is 0.224. The van der Waals surface area contributed by atoms with E-state index in [1.807, 2.05) is 0 Å². The lowest BCUT2D eigenvalue weighted by atomic mass is 9.77. The smallest absolute Gasteiger partial charge is 0.146 e. The fraction of sp³-hybridized carbons (Fsp3) is 0.722.